The van der Waals surface area contributed by atoms with Crippen LogP contribution in [0.25, 0.3) is 16.4 Å². The number of amides is 1. The number of hydrogen-bond acceptors (Lipinski definition) is 5. The molecule has 32 heavy (non-hydrogen) atoms. The fourth-order valence-electron chi connectivity index (χ4n) is 4.18. The number of carbonyl (C=O) groups excluding carboxylic acids is 1. The lowest BCUT2D eigenvalue weighted by Gasteiger charge is -2.21. The first-order valence-corrected chi connectivity index (χ1v) is 10.6. The molecule has 164 valence electrons. The predicted molar refractivity (Wildman–Crippen MR) is 120 cm³/mol. The molecule has 0 unspecified atom stereocenters. The number of benzene rings is 2. The van der Waals surface area contributed by atoms with Gasteiger partial charge in [-0.25, -0.2) is 4.68 Å². The fraction of sp³-hybridized carbons (Fsp3) is 0.292. The SMILES string of the molecule is Cc1ccc2c(c1)cc1c(=O)n(CC(=O)N[C@@H](C)c3ccc4c(c3)OCCO4)nc(C)n12. The first-order chi connectivity index (χ1) is 15.4. The topological polar surface area (TPSA) is 86.9 Å². The van der Waals surface area contributed by atoms with E-state index in [4.69, 9.17) is 9.47 Å². The van der Waals surface area contributed by atoms with Crippen molar-refractivity contribution >= 4 is 22.3 Å². The number of aromatic nitrogens is 3. The van der Waals surface area contributed by atoms with Gasteiger partial charge in [-0.05, 0) is 56.7 Å². The van der Waals surface area contributed by atoms with Gasteiger partial charge in [0.25, 0.3) is 5.56 Å². The van der Waals surface area contributed by atoms with Crippen LogP contribution in [-0.2, 0) is 11.3 Å². The summed E-state index contributed by atoms with van der Waals surface area (Å²) < 4.78 is 14.2. The van der Waals surface area contributed by atoms with Gasteiger partial charge in [-0.15, -0.1) is 0 Å². The zero-order chi connectivity index (χ0) is 22.4. The summed E-state index contributed by atoms with van der Waals surface area (Å²) in [5, 5.41) is 8.31. The summed E-state index contributed by atoms with van der Waals surface area (Å²) in [6.45, 7) is 6.60. The largest absolute Gasteiger partial charge is 0.486 e. The third kappa shape index (κ3) is 3.47. The minimum Gasteiger partial charge on any atom is -0.486 e. The van der Waals surface area contributed by atoms with E-state index in [1.54, 1.807) is 0 Å². The summed E-state index contributed by atoms with van der Waals surface area (Å²) in [6, 6.07) is 13.2. The highest BCUT2D eigenvalue weighted by molar-refractivity contribution is 5.87. The Bertz CT molecular complexity index is 1420. The van der Waals surface area contributed by atoms with Crippen LogP contribution in [0.5, 0.6) is 11.5 Å². The van der Waals surface area contributed by atoms with E-state index < -0.39 is 0 Å². The van der Waals surface area contributed by atoms with E-state index in [1.165, 1.54) is 4.68 Å². The molecule has 8 nitrogen and oxygen atoms in total. The Labute approximate surface area is 184 Å². The molecule has 1 aliphatic heterocycles. The molecule has 2 aromatic heterocycles. The molecule has 0 bridgehead atoms. The highest BCUT2D eigenvalue weighted by atomic mass is 16.6. The molecule has 8 heteroatoms. The molecule has 5 rings (SSSR count). The standard InChI is InChI=1S/C24H24N4O4/c1-14-4-6-19-18(10-14)11-20-24(30)27(26-16(3)28(19)20)13-23(29)25-15(2)17-5-7-21-22(12-17)32-9-8-31-21/h4-7,10-12,15H,8-9,13H2,1-3H3,(H,25,29)/t15-/m0/s1. The lowest BCUT2D eigenvalue weighted by molar-refractivity contribution is -0.122. The van der Waals surface area contributed by atoms with Crippen LogP contribution < -0.4 is 20.3 Å². The van der Waals surface area contributed by atoms with Gasteiger partial charge >= 0.3 is 0 Å². The lowest BCUT2D eigenvalue weighted by Crippen LogP contribution is -2.36. The molecule has 1 N–H and O–H groups in total. The summed E-state index contributed by atoms with van der Waals surface area (Å²) in [7, 11) is 0. The third-order valence-electron chi connectivity index (χ3n) is 5.74. The maximum atomic E-state index is 13.1. The zero-order valence-electron chi connectivity index (χ0n) is 18.2. The van der Waals surface area contributed by atoms with Crippen LogP contribution in [0.4, 0.5) is 0 Å². The quantitative estimate of drug-likeness (QED) is 0.536. The second-order valence-electron chi connectivity index (χ2n) is 8.13. The van der Waals surface area contributed by atoms with Crippen molar-refractivity contribution < 1.29 is 14.3 Å². The van der Waals surface area contributed by atoms with Crippen LogP contribution in [0.15, 0.2) is 47.3 Å². The Morgan fingerprint density at radius 1 is 1.06 bits per heavy atom. The molecule has 0 aliphatic carbocycles. The van der Waals surface area contributed by atoms with Crippen LogP contribution >= 0.6 is 0 Å². The van der Waals surface area contributed by atoms with E-state index in [-0.39, 0.29) is 24.1 Å². The first kappa shape index (κ1) is 20.1. The van der Waals surface area contributed by atoms with Crippen molar-refractivity contribution in [3.05, 3.63) is 69.8 Å². The van der Waals surface area contributed by atoms with E-state index in [1.807, 2.05) is 67.6 Å². The van der Waals surface area contributed by atoms with E-state index in [0.29, 0.717) is 36.1 Å². The van der Waals surface area contributed by atoms with Crippen LogP contribution in [0, 0.1) is 13.8 Å². The molecule has 0 spiro atoms. The molecule has 1 aliphatic rings. The normalized spacial score (nSPS) is 14.0. The predicted octanol–water partition coefficient (Wildman–Crippen LogP) is 2.91. The highest BCUT2D eigenvalue weighted by Crippen LogP contribution is 2.32. The van der Waals surface area contributed by atoms with Crippen LogP contribution in [-0.4, -0.2) is 33.3 Å². The van der Waals surface area contributed by atoms with Crippen molar-refractivity contribution in [3.63, 3.8) is 0 Å². The molecule has 0 fully saturated rings. The van der Waals surface area contributed by atoms with Crippen molar-refractivity contribution in [2.45, 2.75) is 33.4 Å². The molecule has 0 saturated carbocycles. The van der Waals surface area contributed by atoms with E-state index in [9.17, 15) is 9.59 Å². The van der Waals surface area contributed by atoms with Crippen molar-refractivity contribution in [2.24, 2.45) is 0 Å². The number of aryl methyl sites for hydroxylation is 2. The summed E-state index contributed by atoms with van der Waals surface area (Å²) >= 11 is 0. The second-order valence-corrected chi connectivity index (χ2v) is 8.13. The second kappa shape index (κ2) is 7.71. The van der Waals surface area contributed by atoms with E-state index >= 15 is 0 Å². The maximum absolute atomic E-state index is 13.1. The van der Waals surface area contributed by atoms with Gasteiger partial charge in [0.1, 0.15) is 31.1 Å². The maximum Gasteiger partial charge on any atom is 0.291 e. The monoisotopic (exact) mass is 432 g/mol. The van der Waals surface area contributed by atoms with E-state index in [0.717, 1.165) is 22.0 Å². The smallest absolute Gasteiger partial charge is 0.291 e. The van der Waals surface area contributed by atoms with Crippen LogP contribution in [0.2, 0.25) is 0 Å². The Kier molecular flexibility index (Phi) is 4.84. The van der Waals surface area contributed by atoms with Gasteiger partial charge in [-0.3, -0.25) is 14.0 Å². The summed E-state index contributed by atoms with van der Waals surface area (Å²) in [6.07, 6.45) is 0. The number of fused-ring (bicyclic) bond motifs is 4. The van der Waals surface area contributed by atoms with Gasteiger partial charge in [0.2, 0.25) is 5.91 Å². The average molecular weight is 432 g/mol. The Balaban J connectivity index is 1.39. The van der Waals surface area contributed by atoms with Gasteiger partial charge in [-0.1, -0.05) is 17.7 Å². The van der Waals surface area contributed by atoms with Gasteiger partial charge in [0.15, 0.2) is 11.5 Å². The molecule has 0 saturated heterocycles. The van der Waals surface area contributed by atoms with Gasteiger partial charge in [0.05, 0.1) is 11.6 Å². The van der Waals surface area contributed by atoms with Gasteiger partial charge in [0, 0.05) is 5.39 Å². The summed E-state index contributed by atoms with van der Waals surface area (Å²) in [5.74, 6) is 1.72. The molecule has 3 heterocycles. The minimum atomic E-state index is -0.299. The average Bonchev–Trinajstić information content (AvgIpc) is 3.16. The Morgan fingerprint density at radius 2 is 1.84 bits per heavy atom. The number of hydrogen-bond donors (Lipinski definition) is 1. The number of ether oxygens (including phenoxy) is 2. The number of nitrogens with zero attached hydrogens (tertiary/aromatic N) is 3. The lowest BCUT2D eigenvalue weighted by atomic mass is 10.1. The van der Waals surface area contributed by atoms with Gasteiger partial charge < -0.3 is 14.8 Å². The molecular formula is C24H24N4O4. The van der Waals surface area contributed by atoms with Crippen molar-refractivity contribution in [1.29, 1.82) is 0 Å². The minimum absolute atomic E-state index is 0.161. The Hall–Kier alpha value is -3.81. The van der Waals surface area contributed by atoms with Gasteiger partial charge in [-0.2, -0.15) is 5.10 Å². The number of rotatable bonds is 4. The number of nitrogens with one attached hydrogen (secondary N) is 1. The first-order valence-electron chi connectivity index (χ1n) is 10.6. The van der Waals surface area contributed by atoms with Crippen molar-refractivity contribution in [1.82, 2.24) is 19.5 Å². The summed E-state index contributed by atoms with van der Waals surface area (Å²) in [4.78, 5) is 25.8. The summed E-state index contributed by atoms with van der Waals surface area (Å²) in [5.41, 5.74) is 3.14. The third-order valence-corrected chi connectivity index (χ3v) is 5.74. The van der Waals surface area contributed by atoms with E-state index in [2.05, 4.69) is 10.4 Å². The Morgan fingerprint density at radius 3 is 2.66 bits per heavy atom. The van der Waals surface area contributed by atoms with Crippen molar-refractivity contribution in [2.75, 3.05) is 13.2 Å². The molecular weight excluding hydrogens is 408 g/mol. The van der Waals surface area contributed by atoms with Crippen LogP contribution in [0.3, 0.4) is 0 Å². The molecule has 1 amide bonds. The molecule has 2 aromatic carbocycles. The van der Waals surface area contributed by atoms with Crippen LogP contribution in [0.1, 0.15) is 29.9 Å². The molecule has 0 radical (unpaired) electrons. The fourth-order valence-corrected chi connectivity index (χ4v) is 4.18. The zero-order valence-corrected chi connectivity index (χ0v) is 18.2. The van der Waals surface area contributed by atoms with Crippen molar-refractivity contribution in [3.8, 4) is 11.5 Å². The number of carbonyl (C=O) groups is 1. The molecule has 4 aromatic rings. The highest BCUT2D eigenvalue weighted by Gasteiger charge is 2.18. The molecule has 1 atom stereocenters.